The fourth-order valence-corrected chi connectivity index (χ4v) is 4.33. The van der Waals surface area contributed by atoms with E-state index in [4.69, 9.17) is 5.10 Å². The molecule has 2 aromatic carbocycles. The first kappa shape index (κ1) is 22.8. The Balaban J connectivity index is 1.42. The van der Waals surface area contributed by atoms with Crippen LogP contribution in [0.1, 0.15) is 53.6 Å². The number of hydrogen-bond donors (Lipinski definition) is 2. The highest BCUT2D eigenvalue weighted by molar-refractivity contribution is 5.99. The van der Waals surface area contributed by atoms with Gasteiger partial charge in [0, 0.05) is 30.8 Å². The van der Waals surface area contributed by atoms with E-state index >= 15 is 0 Å². The lowest BCUT2D eigenvalue weighted by molar-refractivity contribution is -0.125. The smallest absolute Gasteiger partial charge is 0.255 e. The lowest BCUT2D eigenvalue weighted by atomic mass is 9.89. The molecule has 6 heteroatoms. The maximum Gasteiger partial charge on any atom is 0.255 e. The van der Waals surface area contributed by atoms with Gasteiger partial charge in [0.2, 0.25) is 5.91 Å². The maximum absolute atomic E-state index is 13.0. The van der Waals surface area contributed by atoms with Crippen LogP contribution >= 0.6 is 0 Å². The van der Waals surface area contributed by atoms with Crippen LogP contribution in [0, 0.1) is 12.8 Å². The highest BCUT2D eigenvalue weighted by Crippen LogP contribution is 2.24. The van der Waals surface area contributed by atoms with Gasteiger partial charge in [-0.2, -0.15) is 5.10 Å². The van der Waals surface area contributed by atoms with E-state index in [-0.39, 0.29) is 17.7 Å². The van der Waals surface area contributed by atoms with E-state index in [1.165, 1.54) is 6.42 Å². The predicted octanol–water partition coefficient (Wildman–Crippen LogP) is 4.33. The number of nitrogens with zero attached hydrogens (tertiary/aromatic N) is 2. The Morgan fingerprint density at radius 3 is 2.36 bits per heavy atom. The van der Waals surface area contributed by atoms with Crippen LogP contribution in [0.25, 0.3) is 11.3 Å². The van der Waals surface area contributed by atoms with Gasteiger partial charge in [-0.15, -0.1) is 0 Å². The van der Waals surface area contributed by atoms with Crippen LogP contribution in [-0.4, -0.2) is 34.7 Å². The number of carbonyl (C=O) groups excluding carboxylic acids is 2. The van der Waals surface area contributed by atoms with Gasteiger partial charge in [0.1, 0.15) is 5.69 Å². The van der Waals surface area contributed by atoms with Crippen LogP contribution in [0.15, 0.2) is 60.8 Å². The van der Waals surface area contributed by atoms with E-state index in [0.717, 1.165) is 42.4 Å². The third-order valence-corrected chi connectivity index (χ3v) is 6.20. The third-order valence-electron chi connectivity index (χ3n) is 6.20. The molecular formula is C27H32N4O2. The zero-order chi connectivity index (χ0) is 23.0. The van der Waals surface area contributed by atoms with E-state index < -0.39 is 0 Å². The van der Waals surface area contributed by atoms with Crippen molar-refractivity contribution >= 4 is 11.8 Å². The van der Waals surface area contributed by atoms with Crippen molar-refractivity contribution in [3.63, 3.8) is 0 Å². The molecule has 1 saturated carbocycles. The average Bonchev–Trinajstić information content (AvgIpc) is 3.27. The third kappa shape index (κ3) is 6.09. The molecule has 2 amide bonds. The van der Waals surface area contributed by atoms with Gasteiger partial charge in [0.15, 0.2) is 0 Å². The van der Waals surface area contributed by atoms with Gasteiger partial charge in [-0.1, -0.05) is 79.4 Å². The number of hydrogen-bond acceptors (Lipinski definition) is 3. The minimum absolute atomic E-state index is 0.111. The molecule has 33 heavy (non-hydrogen) atoms. The number of nitrogens with one attached hydrogen (secondary N) is 2. The van der Waals surface area contributed by atoms with Gasteiger partial charge in [0.05, 0.1) is 12.1 Å². The minimum Gasteiger partial charge on any atom is -0.354 e. The lowest BCUT2D eigenvalue weighted by Gasteiger charge is -2.20. The molecule has 1 fully saturated rings. The molecule has 0 spiro atoms. The van der Waals surface area contributed by atoms with Crippen LogP contribution < -0.4 is 10.6 Å². The number of amides is 2. The number of aromatic nitrogens is 2. The molecule has 0 unspecified atom stereocenters. The van der Waals surface area contributed by atoms with E-state index in [2.05, 4.69) is 10.6 Å². The van der Waals surface area contributed by atoms with Gasteiger partial charge in [-0.3, -0.25) is 14.3 Å². The normalized spacial score (nSPS) is 14.1. The van der Waals surface area contributed by atoms with Crippen molar-refractivity contribution in [2.24, 2.45) is 5.92 Å². The van der Waals surface area contributed by atoms with Crippen LogP contribution in [-0.2, 0) is 11.3 Å². The van der Waals surface area contributed by atoms with Crippen molar-refractivity contribution in [3.05, 3.63) is 77.5 Å². The summed E-state index contributed by atoms with van der Waals surface area (Å²) in [7, 11) is 0. The van der Waals surface area contributed by atoms with Gasteiger partial charge < -0.3 is 10.6 Å². The fraction of sp³-hybridized carbons (Fsp3) is 0.370. The maximum atomic E-state index is 13.0. The minimum atomic E-state index is -0.184. The molecule has 6 nitrogen and oxygen atoms in total. The topological polar surface area (TPSA) is 76.0 Å². The molecule has 2 N–H and O–H groups in total. The summed E-state index contributed by atoms with van der Waals surface area (Å²) in [5.74, 6) is 0.0515. The molecule has 1 aliphatic rings. The van der Waals surface area contributed by atoms with E-state index in [9.17, 15) is 9.59 Å². The second-order valence-electron chi connectivity index (χ2n) is 8.82. The van der Waals surface area contributed by atoms with Crippen LogP contribution in [0.5, 0.6) is 0 Å². The molecule has 0 saturated heterocycles. The zero-order valence-electron chi connectivity index (χ0n) is 19.2. The van der Waals surface area contributed by atoms with Crippen LogP contribution in [0.4, 0.5) is 0 Å². The van der Waals surface area contributed by atoms with Crippen molar-refractivity contribution in [1.82, 2.24) is 20.4 Å². The number of rotatable bonds is 8. The number of aryl methyl sites for hydroxylation is 1. The monoisotopic (exact) mass is 444 g/mol. The second-order valence-corrected chi connectivity index (χ2v) is 8.82. The van der Waals surface area contributed by atoms with Crippen LogP contribution in [0.3, 0.4) is 0 Å². The summed E-state index contributed by atoms with van der Waals surface area (Å²) >= 11 is 0. The van der Waals surface area contributed by atoms with Crippen molar-refractivity contribution < 1.29 is 9.59 Å². The number of benzene rings is 2. The Kier molecular flexibility index (Phi) is 7.55. The lowest BCUT2D eigenvalue weighted by Crippen LogP contribution is -2.38. The average molecular weight is 445 g/mol. The molecular weight excluding hydrogens is 412 g/mol. The second kappa shape index (κ2) is 10.9. The highest BCUT2D eigenvalue weighted by Gasteiger charge is 2.21. The van der Waals surface area contributed by atoms with Crippen molar-refractivity contribution in [1.29, 1.82) is 0 Å². The van der Waals surface area contributed by atoms with Crippen molar-refractivity contribution in [2.45, 2.75) is 45.6 Å². The standard InChI is InChI=1S/C27H32N4O2/c1-20-12-14-22(15-13-20)25-24(19-31(30-25)18-21-8-4-2-5-9-21)27(33)29-17-16-28-26(32)23-10-6-3-7-11-23/h2,4-5,8-9,12-15,19,23H,3,6-7,10-11,16-18H2,1H3,(H,28,32)(H,29,33). The SMILES string of the molecule is Cc1ccc(-c2nn(Cc3ccccc3)cc2C(=O)NCCNC(=O)C2CCCCC2)cc1. The summed E-state index contributed by atoms with van der Waals surface area (Å²) in [5.41, 5.74) is 4.38. The van der Waals surface area contributed by atoms with Crippen molar-refractivity contribution in [3.8, 4) is 11.3 Å². The molecule has 1 heterocycles. The van der Waals surface area contributed by atoms with E-state index in [1.54, 1.807) is 6.20 Å². The summed E-state index contributed by atoms with van der Waals surface area (Å²) in [6, 6.07) is 18.1. The Labute approximate surface area is 195 Å². The van der Waals surface area contributed by atoms with Gasteiger partial charge in [-0.25, -0.2) is 0 Å². The highest BCUT2D eigenvalue weighted by atomic mass is 16.2. The summed E-state index contributed by atoms with van der Waals surface area (Å²) in [5, 5.41) is 10.7. The summed E-state index contributed by atoms with van der Waals surface area (Å²) in [4.78, 5) is 25.4. The molecule has 0 aliphatic heterocycles. The van der Waals surface area contributed by atoms with Gasteiger partial charge in [0.25, 0.3) is 5.91 Å². The quantitative estimate of drug-likeness (QED) is 0.508. The number of carbonyl (C=O) groups is 2. The van der Waals surface area contributed by atoms with Crippen LogP contribution in [0.2, 0.25) is 0 Å². The largest absolute Gasteiger partial charge is 0.354 e. The summed E-state index contributed by atoms with van der Waals surface area (Å²) in [6.07, 6.45) is 7.23. The molecule has 3 aromatic rings. The van der Waals surface area contributed by atoms with Crippen molar-refractivity contribution in [2.75, 3.05) is 13.1 Å². The molecule has 1 aliphatic carbocycles. The van der Waals surface area contributed by atoms with E-state index in [0.29, 0.717) is 30.9 Å². The Morgan fingerprint density at radius 2 is 1.64 bits per heavy atom. The molecule has 0 atom stereocenters. The van der Waals surface area contributed by atoms with E-state index in [1.807, 2.05) is 66.2 Å². The van der Waals surface area contributed by atoms with Gasteiger partial charge >= 0.3 is 0 Å². The first-order valence-electron chi connectivity index (χ1n) is 11.8. The van der Waals surface area contributed by atoms with Gasteiger partial charge in [-0.05, 0) is 25.3 Å². The summed E-state index contributed by atoms with van der Waals surface area (Å²) < 4.78 is 1.81. The Bertz CT molecular complexity index is 1070. The molecule has 172 valence electrons. The zero-order valence-corrected chi connectivity index (χ0v) is 19.2. The summed E-state index contributed by atoms with van der Waals surface area (Å²) in [6.45, 7) is 3.44. The first-order chi connectivity index (χ1) is 16.1. The Morgan fingerprint density at radius 1 is 0.939 bits per heavy atom. The molecule has 4 rings (SSSR count). The molecule has 1 aromatic heterocycles. The fourth-order valence-electron chi connectivity index (χ4n) is 4.33. The molecule has 0 radical (unpaired) electrons. The predicted molar refractivity (Wildman–Crippen MR) is 130 cm³/mol. The first-order valence-corrected chi connectivity index (χ1v) is 11.8. The Hall–Kier alpha value is -3.41. The molecule has 0 bridgehead atoms.